The quantitative estimate of drug-likeness (QED) is 0.886. The van der Waals surface area contributed by atoms with Crippen molar-refractivity contribution in [2.24, 2.45) is 5.92 Å². The van der Waals surface area contributed by atoms with Crippen molar-refractivity contribution in [3.8, 4) is 0 Å². The number of hydrogen-bond acceptors (Lipinski definition) is 3. The number of carbonyl (C=O) groups excluding carboxylic acids is 2. The zero-order chi connectivity index (χ0) is 16.2. The fraction of sp³-hybridized carbons (Fsp3) is 0.529. The molecule has 1 aromatic carbocycles. The van der Waals surface area contributed by atoms with Crippen LogP contribution in [0.15, 0.2) is 24.3 Å². The third kappa shape index (κ3) is 3.47. The first-order chi connectivity index (χ1) is 11.2. The first kappa shape index (κ1) is 15.8. The molecule has 2 fully saturated rings. The van der Waals surface area contributed by atoms with Crippen molar-refractivity contribution < 1.29 is 14.7 Å². The van der Waals surface area contributed by atoms with Gasteiger partial charge in [-0.3, -0.25) is 9.69 Å². The Morgan fingerprint density at radius 2 is 2.04 bits per heavy atom. The summed E-state index contributed by atoms with van der Waals surface area (Å²) < 4.78 is 0. The normalized spacial score (nSPS) is 19.6. The second kappa shape index (κ2) is 7.00. The van der Waals surface area contributed by atoms with Crippen molar-refractivity contribution in [3.63, 3.8) is 0 Å². The minimum absolute atomic E-state index is 0.000609. The number of nitrogens with one attached hydrogen (secondary N) is 1. The SMILES string of the molecule is O=C(c1cccc(N2CCCNC2=O)c1)N1CCC(CO)CC1. The Morgan fingerprint density at radius 1 is 1.26 bits per heavy atom. The van der Waals surface area contributed by atoms with Gasteiger partial charge in [-0.15, -0.1) is 0 Å². The molecule has 0 atom stereocenters. The summed E-state index contributed by atoms with van der Waals surface area (Å²) in [6, 6.07) is 7.17. The van der Waals surface area contributed by atoms with Gasteiger partial charge in [0.2, 0.25) is 0 Å². The van der Waals surface area contributed by atoms with Gasteiger partial charge in [-0.05, 0) is 43.4 Å². The number of nitrogens with zero attached hydrogens (tertiary/aromatic N) is 2. The summed E-state index contributed by atoms with van der Waals surface area (Å²) in [5, 5.41) is 12.0. The summed E-state index contributed by atoms with van der Waals surface area (Å²) in [7, 11) is 0. The van der Waals surface area contributed by atoms with Crippen molar-refractivity contribution >= 4 is 17.6 Å². The van der Waals surface area contributed by atoms with Gasteiger partial charge < -0.3 is 15.3 Å². The predicted octanol–water partition coefficient (Wildman–Crippen LogP) is 1.45. The summed E-state index contributed by atoms with van der Waals surface area (Å²) in [6.07, 6.45) is 2.59. The molecule has 0 spiro atoms. The number of anilines is 1. The van der Waals surface area contributed by atoms with Crippen LogP contribution in [0.25, 0.3) is 0 Å². The maximum Gasteiger partial charge on any atom is 0.321 e. The van der Waals surface area contributed by atoms with Crippen LogP contribution >= 0.6 is 0 Å². The maximum atomic E-state index is 12.7. The molecular weight excluding hydrogens is 294 g/mol. The number of aliphatic hydroxyl groups excluding tert-OH is 1. The summed E-state index contributed by atoms with van der Waals surface area (Å²) in [5.74, 6) is 0.308. The molecule has 3 rings (SSSR count). The van der Waals surface area contributed by atoms with E-state index in [4.69, 9.17) is 0 Å². The molecule has 124 valence electrons. The minimum Gasteiger partial charge on any atom is -0.396 e. The molecule has 23 heavy (non-hydrogen) atoms. The third-order valence-electron chi connectivity index (χ3n) is 4.64. The number of piperidine rings is 1. The van der Waals surface area contributed by atoms with Crippen LogP contribution in [0.3, 0.4) is 0 Å². The van der Waals surface area contributed by atoms with Crippen molar-refractivity contribution in [1.82, 2.24) is 10.2 Å². The first-order valence-electron chi connectivity index (χ1n) is 8.24. The second-order valence-electron chi connectivity index (χ2n) is 6.21. The fourth-order valence-corrected chi connectivity index (χ4v) is 3.18. The zero-order valence-electron chi connectivity index (χ0n) is 13.2. The van der Waals surface area contributed by atoms with Crippen LogP contribution in [0.4, 0.5) is 10.5 Å². The molecule has 6 heteroatoms. The van der Waals surface area contributed by atoms with Gasteiger partial charge in [0, 0.05) is 44.0 Å². The van der Waals surface area contributed by atoms with E-state index in [1.807, 2.05) is 17.0 Å². The van der Waals surface area contributed by atoms with E-state index >= 15 is 0 Å². The predicted molar refractivity (Wildman–Crippen MR) is 87.5 cm³/mol. The first-order valence-corrected chi connectivity index (χ1v) is 8.24. The van der Waals surface area contributed by atoms with Gasteiger partial charge in [-0.25, -0.2) is 4.79 Å². The van der Waals surface area contributed by atoms with Gasteiger partial charge in [0.25, 0.3) is 5.91 Å². The van der Waals surface area contributed by atoms with E-state index in [0.717, 1.165) is 24.9 Å². The Bertz CT molecular complexity index is 582. The molecule has 2 aliphatic heterocycles. The molecule has 0 radical (unpaired) electrons. The highest BCUT2D eigenvalue weighted by molar-refractivity contribution is 5.98. The van der Waals surface area contributed by atoms with E-state index in [0.29, 0.717) is 37.7 Å². The summed E-state index contributed by atoms with van der Waals surface area (Å²) >= 11 is 0. The summed E-state index contributed by atoms with van der Waals surface area (Å²) in [6.45, 7) is 2.93. The number of carbonyl (C=O) groups is 2. The fourth-order valence-electron chi connectivity index (χ4n) is 3.18. The molecule has 2 aliphatic rings. The topological polar surface area (TPSA) is 72.9 Å². The molecule has 2 saturated heterocycles. The van der Waals surface area contributed by atoms with Crippen LogP contribution in [0, 0.1) is 5.92 Å². The Labute approximate surface area is 136 Å². The largest absolute Gasteiger partial charge is 0.396 e. The average molecular weight is 317 g/mol. The molecule has 6 nitrogen and oxygen atoms in total. The lowest BCUT2D eigenvalue weighted by Gasteiger charge is -2.31. The molecule has 0 bridgehead atoms. The number of aliphatic hydroxyl groups is 1. The van der Waals surface area contributed by atoms with E-state index in [-0.39, 0.29) is 18.5 Å². The van der Waals surface area contributed by atoms with E-state index in [1.165, 1.54) is 0 Å². The van der Waals surface area contributed by atoms with Crippen LogP contribution in [-0.2, 0) is 0 Å². The molecule has 3 amide bonds. The minimum atomic E-state index is -0.107. The van der Waals surface area contributed by atoms with Crippen molar-refractivity contribution in [1.29, 1.82) is 0 Å². The van der Waals surface area contributed by atoms with Crippen LogP contribution in [-0.4, -0.2) is 54.7 Å². The highest BCUT2D eigenvalue weighted by Gasteiger charge is 2.24. The Balaban J connectivity index is 1.72. The van der Waals surface area contributed by atoms with Gasteiger partial charge in [0.05, 0.1) is 0 Å². The highest BCUT2D eigenvalue weighted by atomic mass is 16.3. The van der Waals surface area contributed by atoms with Crippen LogP contribution in [0.1, 0.15) is 29.6 Å². The highest BCUT2D eigenvalue weighted by Crippen LogP contribution is 2.22. The molecule has 2 N–H and O–H groups in total. The number of urea groups is 1. The van der Waals surface area contributed by atoms with Gasteiger partial charge in [0.15, 0.2) is 0 Å². The van der Waals surface area contributed by atoms with E-state index in [2.05, 4.69) is 5.32 Å². The molecule has 0 aromatic heterocycles. The zero-order valence-corrected chi connectivity index (χ0v) is 13.2. The summed E-state index contributed by atoms with van der Waals surface area (Å²) in [4.78, 5) is 28.1. The number of likely N-dealkylation sites (tertiary alicyclic amines) is 1. The number of amides is 3. The molecule has 1 aromatic rings. The molecule has 2 heterocycles. The van der Waals surface area contributed by atoms with E-state index in [1.54, 1.807) is 17.0 Å². The van der Waals surface area contributed by atoms with Crippen LogP contribution in [0.2, 0.25) is 0 Å². The number of benzene rings is 1. The Morgan fingerprint density at radius 3 is 2.74 bits per heavy atom. The smallest absolute Gasteiger partial charge is 0.321 e. The van der Waals surface area contributed by atoms with Gasteiger partial charge in [-0.1, -0.05) is 6.07 Å². The standard InChI is InChI=1S/C17H23N3O3/c21-12-13-5-9-19(10-6-13)16(22)14-3-1-4-15(11-14)20-8-2-7-18-17(20)23/h1,3-4,11,13,21H,2,5-10,12H2,(H,18,23). The van der Waals surface area contributed by atoms with Crippen molar-refractivity contribution in [2.75, 3.05) is 37.7 Å². The molecule has 0 unspecified atom stereocenters. The Hall–Kier alpha value is -2.08. The molecular formula is C17H23N3O3. The maximum absolute atomic E-state index is 12.7. The average Bonchev–Trinajstić information content (AvgIpc) is 2.62. The van der Waals surface area contributed by atoms with Gasteiger partial charge in [-0.2, -0.15) is 0 Å². The van der Waals surface area contributed by atoms with E-state index < -0.39 is 0 Å². The van der Waals surface area contributed by atoms with Crippen LogP contribution < -0.4 is 10.2 Å². The van der Waals surface area contributed by atoms with Crippen LogP contribution in [0.5, 0.6) is 0 Å². The molecule has 0 aliphatic carbocycles. The number of hydrogen-bond donors (Lipinski definition) is 2. The second-order valence-corrected chi connectivity index (χ2v) is 6.21. The van der Waals surface area contributed by atoms with Gasteiger partial charge >= 0.3 is 6.03 Å². The summed E-state index contributed by atoms with van der Waals surface area (Å²) in [5.41, 5.74) is 1.38. The lowest BCUT2D eigenvalue weighted by atomic mass is 9.97. The van der Waals surface area contributed by atoms with E-state index in [9.17, 15) is 14.7 Å². The van der Waals surface area contributed by atoms with Crippen molar-refractivity contribution in [3.05, 3.63) is 29.8 Å². The van der Waals surface area contributed by atoms with Crippen molar-refractivity contribution in [2.45, 2.75) is 19.3 Å². The van der Waals surface area contributed by atoms with Gasteiger partial charge in [0.1, 0.15) is 0 Å². The number of rotatable bonds is 3. The lowest BCUT2D eigenvalue weighted by Crippen LogP contribution is -2.46. The lowest BCUT2D eigenvalue weighted by molar-refractivity contribution is 0.0651. The monoisotopic (exact) mass is 317 g/mol. The molecule has 0 saturated carbocycles. The third-order valence-corrected chi connectivity index (χ3v) is 4.64. The Kier molecular flexibility index (Phi) is 4.81.